The van der Waals surface area contributed by atoms with E-state index in [1.807, 2.05) is 24.3 Å². The number of nitrogens with one attached hydrogen (secondary N) is 1. The highest BCUT2D eigenvalue weighted by Crippen LogP contribution is 2.23. The van der Waals surface area contributed by atoms with E-state index in [4.69, 9.17) is 11.6 Å². The van der Waals surface area contributed by atoms with Crippen molar-refractivity contribution in [1.82, 2.24) is 5.32 Å². The molecule has 1 aliphatic carbocycles. The molecule has 0 saturated heterocycles. The summed E-state index contributed by atoms with van der Waals surface area (Å²) in [5.41, 5.74) is 1.10. The maximum absolute atomic E-state index is 11.4. The van der Waals surface area contributed by atoms with Gasteiger partial charge in [0.15, 0.2) is 0 Å². The van der Waals surface area contributed by atoms with Crippen molar-refractivity contribution in [3.8, 4) is 0 Å². The van der Waals surface area contributed by atoms with E-state index >= 15 is 0 Å². The van der Waals surface area contributed by atoms with E-state index in [-0.39, 0.29) is 5.75 Å². The Hall–Kier alpha value is -0.580. The summed E-state index contributed by atoms with van der Waals surface area (Å²) in [5, 5.41) is 4.26. The van der Waals surface area contributed by atoms with E-state index in [1.54, 1.807) is 0 Å². The molecule has 0 aromatic heterocycles. The lowest BCUT2D eigenvalue weighted by Crippen LogP contribution is -2.27. The predicted molar refractivity (Wildman–Crippen MR) is 84.0 cm³/mol. The lowest BCUT2D eigenvalue weighted by atomic mass is 9.96. The topological polar surface area (TPSA) is 46.2 Å². The molecule has 0 heterocycles. The summed E-state index contributed by atoms with van der Waals surface area (Å²) in [6, 6.07) is 8.44. The molecule has 0 amide bonds. The summed E-state index contributed by atoms with van der Waals surface area (Å²) in [6.45, 7) is 0.866. The van der Waals surface area contributed by atoms with Crippen molar-refractivity contribution in [3.05, 3.63) is 34.9 Å². The van der Waals surface area contributed by atoms with Crippen molar-refractivity contribution in [2.45, 2.75) is 31.7 Å². The van der Waals surface area contributed by atoms with Crippen molar-refractivity contribution >= 4 is 21.4 Å². The highest BCUT2D eigenvalue weighted by Gasteiger charge is 2.22. The van der Waals surface area contributed by atoms with Crippen molar-refractivity contribution in [2.75, 3.05) is 18.6 Å². The summed E-state index contributed by atoms with van der Waals surface area (Å²) in [7, 11) is -2.91. The van der Waals surface area contributed by atoms with Crippen LogP contribution >= 0.6 is 11.6 Å². The molecule has 20 heavy (non-hydrogen) atoms. The van der Waals surface area contributed by atoms with Crippen molar-refractivity contribution in [3.63, 3.8) is 0 Å². The van der Waals surface area contributed by atoms with Crippen LogP contribution < -0.4 is 5.32 Å². The van der Waals surface area contributed by atoms with Gasteiger partial charge >= 0.3 is 0 Å². The summed E-state index contributed by atoms with van der Waals surface area (Å²) in [6.07, 6.45) is 5.29. The Labute approximate surface area is 126 Å². The zero-order valence-electron chi connectivity index (χ0n) is 11.8. The number of sulfone groups is 1. The first-order valence-electron chi connectivity index (χ1n) is 7.08. The molecular formula is C15H22ClNO2S. The molecule has 1 unspecified atom stereocenters. The molecule has 112 valence electrons. The van der Waals surface area contributed by atoms with E-state index in [1.165, 1.54) is 19.1 Å². The van der Waals surface area contributed by atoms with Gasteiger partial charge in [0.05, 0.1) is 5.75 Å². The molecule has 1 N–H and O–H groups in total. The van der Waals surface area contributed by atoms with Gasteiger partial charge in [0.2, 0.25) is 0 Å². The van der Waals surface area contributed by atoms with Crippen molar-refractivity contribution in [2.24, 2.45) is 5.92 Å². The number of benzene rings is 1. The number of hydrogen-bond acceptors (Lipinski definition) is 3. The Kier molecular flexibility index (Phi) is 5.47. The summed E-state index contributed by atoms with van der Waals surface area (Å²) >= 11 is 6.19. The molecule has 0 radical (unpaired) electrons. The Morgan fingerprint density at radius 2 is 2.05 bits per heavy atom. The van der Waals surface area contributed by atoms with Gasteiger partial charge in [-0.15, -0.1) is 0 Å². The molecule has 1 atom stereocenters. The second kappa shape index (κ2) is 6.92. The van der Waals surface area contributed by atoms with Crippen LogP contribution in [0.15, 0.2) is 24.3 Å². The predicted octanol–water partition coefficient (Wildman–Crippen LogP) is 2.69. The van der Waals surface area contributed by atoms with Crippen LogP contribution in [0, 0.1) is 5.92 Å². The van der Waals surface area contributed by atoms with Crippen molar-refractivity contribution in [1.29, 1.82) is 0 Å². The molecule has 0 aliphatic heterocycles. The monoisotopic (exact) mass is 315 g/mol. The molecule has 0 bridgehead atoms. The largest absolute Gasteiger partial charge is 0.314 e. The SMILES string of the molecule is CS(=O)(=O)CCC(CNC1CC1)Cc1ccccc1Cl. The zero-order chi connectivity index (χ0) is 14.6. The Morgan fingerprint density at radius 1 is 1.35 bits per heavy atom. The molecule has 5 heteroatoms. The Balaban J connectivity index is 1.95. The van der Waals surface area contributed by atoms with Crippen LogP contribution in [0.2, 0.25) is 5.02 Å². The van der Waals surface area contributed by atoms with E-state index in [0.29, 0.717) is 18.4 Å². The van der Waals surface area contributed by atoms with Gasteiger partial charge in [-0.2, -0.15) is 0 Å². The van der Waals surface area contributed by atoms with E-state index in [2.05, 4.69) is 5.32 Å². The third-order valence-corrected chi connectivity index (χ3v) is 4.98. The van der Waals surface area contributed by atoms with Gasteiger partial charge in [0.1, 0.15) is 9.84 Å². The van der Waals surface area contributed by atoms with Crippen LogP contribution in [-0.4, -0.2) is 33.0 Å². The van der Waals surface area contributed by atoms with Gasteiger partial charge in [-0.1, -0.05) is 29.8 Å². The standard InChI is InChI=1S/C15H22ClNO2S/c1-20(18,19)9-8-12(11-17-14-6-7-14)10-13-4-2-3-5-15(13)16/h2-5,12,14,17H,6-11H2,1H3. The summed E-state index contributed by atoms with van der Waals surface area (Å²) in [4.78, 5) is 0. The van der Waals surface area contributed by atoms with Crippen LogP contribution in [0.25, 0.3) is 0 Å². The first-order valence-corrected chi connectivity index (χ1v) is 9.52. The molecule has 1 aliphatic rings. The molecular weight excluding hydrogens is 294 g/mol. The average Bonchev–Trinajstić information content (AvgIpc) is 3.18. The first kappa shape index (κ1) is 15.8. The van der Waals surface area contributed by atoms with Crippen LogP contribution in [0.3, 0.4) is 0 Å². The lowest BCUT2D eigenvalue weighted by Gasteiger charge is -2.18. The van der Waals surface area contributed by atoms with E-state index < -0.39 is 9.84 Å². The van der Waals surface area contributed by atoms with Crippen LogP contribution in [-0.2, 0) is 16.3 Å². The van der Waals surface area contributed by atoms with Gasteiger partial charge in [0, 0.05) is 17.3 Å². The fourth-order valence-electron chi connectivity index (χ4n) is 2.25. The van der Waals surface area contributed by atoms with Gasteiger partial charge in [-0.3, -0.25) is 0 Å². The highest BCUT2D eigenvalue weighted by atomic mass is 35.5. The quantitative estimate of drug-likeness (QED) is 0.802. The molecule has 3 nitrogen and oxygen atoms in total. The smallest absolute Gasteiger partial charge is 0.147 e. The minimum absolute atomic E-state index is 0.245. The number of hydrogen-bond donors (Lipinski definition) is 1. The van der Waals surface area contributed by atoms with E-state index in [0.717, 1.165) is 23.6 Å². The second-order valence-electron chi connectivity index (χ2n) is 5.76. The fraction of sp³-hybridized carbons (Fsp3) is 0.600. The maximum Gasteiger partial charge on any atom is 0.147 e. The first-order chi connectivity index (χ1) is 9.44. The molecule has 1 aromatic carbocycles. The minimum Gasteiger partial charge on any atom is -0.314 e. The van der Waals surface area contributed by atoms with Gasteiger partial charge in [0.25, 0.3) is 0 Å². The third-order valence-electron chi connectivity index (χ3n) is 3.64. The lowest BCUT2D eigenvalue weighted by molar-refractivity contribution is 0.457. The van der Waals surface area contributed by atoms with Gasteiger partial charge in [-0.05, 0) is 49.8 Å². The van der Waals surface area contributed by atoms with Crippen LogP contribution in [0.4, 0.5) is 0 Å². The summed E-state index contributed by atoms with van der Waals surface area (Å²) < 4.78 is 22.7. The molecule has 1 fully saturated rings. The zero-order valence-corrected chi connectivity index (χ0v) is 13.4. The van der Waals surface area contributed by atoms with Gasteiger partial charge < -0.3 is 5.32 Å². The molecule has 1 aromatic rings. The van der Waals surface area contributed by atoms with Crippen molar-refractivity contribution < 1.29 is 8.42 Å². The number of halogens is 1. The molecule has 2 rings (SSSR count). The second-order valence-corrected chi connectivity index (χ2v) is 8.43. The van der Waals surface area contributed by atoms with Gasteiger partial charge in [-0.25, -0.2) is 8.42 Å². The van der Waals surface area contributed by atoms with E-state index in [9.17, 15) is 8.42 Å². The number of rotatable bonds is 8. The normalized spacial score (nSPS) is 17.1. The minimum atomic E-state index is -2.91. The molecule has 0 spiro atoms. The average molecular weight is 316 g/mol. The maximum atomic E-state index is 11.4. The van der Waals surface area contributed by atoms with Crippen LogP contribution in [0.5, 0.6) is 0 Å². The Morgan fingerprint density at radius 3 is 2.65 bits per heavy atom. The fourth-order valence-corrected chi connectivity index (χ4v) is 3.23. The Bertz CT molecular complexity index is 541. The third kappa shape index (κ3) is 5.81. The molecule has 1 saturated carbocycles. The highest BCUT2D eigenvalue weighted by molar-refractivity contribution is 7.90. The van der Waals surface area contributed by atoms with Crippen LogP contribution in [0.1, 0.15) is 24.8 Å². The summed E-state index contributed by atoms with van der Waals surface area (Å²) in [5.74, 6) is 0.555.